The van der Waals surface area contributed by atoms with E-state index in [-0.39, 0.29) is 6.61 Å². The summed E-state index contributed by atoms with van der Waals surface area (Å²) >= 11 is 0. The van der Waals surface area contributed by atoms with Gasteiger partial charge < -0.3 is 18.7 Å². The lowest BCUT2D eigenvalue weighted by molar-refractivity contribution is 0.0790. The van der Waals surface area contributed by atoms with Crippen LogP contribution >= 0.6 is 0 Å². The van der Waals surface area contributed by atoms with Crippen LogP contribution in [0.25, 0.3) is 11.1 Å². The van der Waals surface area contributed by atoms with Crippen molar-refractivity contribution >= 4 is 0 Å². The van der Waals surface area contributed by atoms with E-state index >= 15 is 0 Å². The maximum atomic E-state index is 6.07. The van der Waals surface area contributed by atoms with Crippen LogP contribution in [0.2, 0.25) is 0 Å². The van der Waals surface area contributed by atoms with Crippen molar-refractivity contribution in [2.45, 2.75) is 39.0 Å². The number of hydrogen-bond donors (Lipinski definition) is 0. The topological polar surface area (TPSA) is 82.7 Å². The predicted octanol–water partition coefficient (Wildman–Crippen LogP) is 3.64. The highest BCUT2D eigenvalue weighted by atomic mass is 16.5. The molecule has 0 bridgehead atoms. The van der Waals surface area contributed by atoms with Gasteiger partial charge in [0.15, 0.2) is 6.61 Å². The van der Waals surface area contributed by atoms with E-state index in [0.717, 1.165) is 55.0 Å². The lowest BCUT2D eigenvalue weighted by atomic mass is 10.0. The molecule has 1 atom stereocenters. The van der Waals surface area contributed by atoms with Gasteiger partial charge >= 0.3 is 0 Å². The zero-order chi connectivity index (χ0) is 21.6. The Kier molecular flexibility index (Phi) is 6.79. The first-order valence-corrected chi connectivity index (χ1v) is 10.5. The number of benzene rings is 1. The van der Waals surface area contributed by atoms with Gasteiger partial charge in [-0.25, -0.2) is 4.98 Å². The molecule has 1 saturated heterocycles. The Morgan fingerprint density at radius 3 is 2.90 bits per heavy atom. The van der Waals surface area contributed by atoms with Gasteiger partial charge in [-0.2, -0.15) is 4.98 Å². The molecule has 2 aromatic heterocycles. The third-order valence-corrected chi connectivity index (χ3v) is 5.24. The Morgan fingerprint density at radius 1 is 1.26 bits per heavy atom. The van der Waals surface area contributed by atoms with Crippen LogP contribution in [0.4, 0.5) is 0 Å². The van der Waals surface area contributed by atoms with Crippen molar-refractivity contribution in [1.82, 2.24) is 20.0 Å². The second kappa shape index (κ2) is 9.89. The average Bonchev–Trinajstić information content (AvgIpc) is 3.44. The summed E-state index contributed by atoms with van der Waals surface area (Å²) in [5, 5.41) is 3.91. The summed E-state index contributed by atoms with van der Waals surface area (Å²) in [6.07, 6.45) is 4.26. The molecule has 1 unspecified atom stereocenters. The summed E-state index contributed by atoms with van der Waals surface area (Å²) in [6, 6.07) is 10.0. The first-order chi connectivity index (χ1) is 15.1. The van der Waals surface area contributed by atoms with Crippen LogP contribution < -0.4 is 9.47 Å². The number of ether oxygens (including phenoxy) is 3. The van der Waals surface area contributed by atoms with Crippen LogP contribution in [0.3, 0.4) is 0 Å². The fourth-order valence-electron chi connectivity index (χ4n) is 3.82. The van der Waals surface area contributed by atoms with Gasteiger partial charge in [0.1, 0.15) is 5.75 Å². The Labute approximate surface area is 182 Å². The minimum Gasteiger partial charge on any atom is -0.485 e. The summed E-state index contributed by atoms with van der Waals surface area (Å²) in [6.45, 7) is 4.46. The van der Waals surface area contributed by atoms with Crippen molar-refractivity contribution < 1.29 is 18.7 Å². The largest absolute Gasteiger partial charge is 0.485 e. The van der Waals surface area contributed by atoms with E-state index in [0.29, 0.717) is 23.7 Å². The molecule has 0 radical (unpaired) electrons. The third-order valence-electron chi connectivity index (χ3n) is 5.24. The van der Waals surface area contributed by atoms with Crippen LogP contribution in [0.15, 0.2) is 41.1 Å². The zero-order valence-corrected chi connectivity index (χ0v) is 18.2. The number of methoxy groups -OCH3 is 1. The van der Waals surface area contributed by atoms with Gasteiger partial charge in [0.25, 0.3) is 0 Å². The number of likely N-dealkylation sites (N-methyl/N-ethyl adjacent to an activating group) is 1. The molecule has 8 heteroatoms. The molecule has 4 rings (SSSR count). The highest BCUT2D eigenvalue weighted by Crippen LogP contribution is 2.32. The van der Waals surface area contributed by atoms with Gasteiger partial charge in [-0.1, -0.05) is 11.2 Å². The molecule has 8 nitrogen and oxygen atoms in total. The minimum atomic E-state index is 0.245. The van der Waals surface area contributed by atoms with Crippen molar-refractivity contribution in [3.63, 3.8) is 0 Å². The molecular formula is C23H28N4O4. The van der Waals surface area contributed by atoms with Gasteiger partial charge in [-0.15, -0.1) is 0 Å². The summed E-state index contributed by atoms with van der Waals surface area (Å²) < 4.78 is 22.4. The SMILES string of the molecule is COc1ncccc1-c1ccc(OCc2noc(C)n2)c(CN(C)CC2CCCO2)c1. The number of nitrogens with zero attached hydrogens (tertiary/aromatic N) is 4. The number of rotatable bonds is 9. The summed E-state index contributed by atoms with van der Waals surface area (Å²) in [5.74, 6) is 2.42. The molecule has 164 valence electrons. The van der Waals surface area contributed by atoms with Crippen LogP contribution in [-0.2, 0) is 17.9 Å². The number of pyridine rings is 1. The van der Waals surface area contributed by atoms with Crippen molar-refractivity contribution in [3.8, 4) is 22.8 Å². The second-order valence-electron chi connectivity index (χ2n) is 7.73. The number of aromatic nitrogens is 3. The first kappa shape index (κ1) is 21.3. The first-order valence-electron chi connectivity index (χ1n) is 10.5. The van der Waals surface area contributed by atoms with E-state index in [1.807, 2.05) is 24.3 Å². The van der Waals surface area contributed by atoms with E-state index in [9.17, 15) is 0 Å². The van der Waals surface area contributed by atoms with Gasteiger partial charge in [0, 0.05) is 43.9 Å². The monoisotopic (exact) mass is 424 g/mol. The smallest absolute Gasteiger partial charge is 0.223 e. The van der Waals surface area contributed by atoms with Gasteiger partial charge in [0.2, 0.25) is 17.6 Å². The van der Waals surface area contributed by atoms with E-state index in [1.165, 1.54) is 0 Å². The van der Waals surface area contributed by atoms with Gasteiger partial charge in [0.05, 0.1) is 13.2 Å². The predicted molar refractivity (Wildman–Crippen MR) is 115 cm³/mol. The van der Waals surface area contributed by atoms with E-state index in [1.54, 1.807) is 20.2 Å². The van der Waals surface area contributed by atoms with Crippen LogP contribution in [0, 0.1) is 6.92 Å². The zero-order valence-electron chi connectivity index (χ0n) is 18.2. The normalized spacial score (nSPS) is 16.1. The second-order valence-corrected chi connectivity index (χ2v) is 7.73. The van der Waals surface area contributed by atoms with Crippen molar-refractivity contribution in [3.05, 3.63) is 53.8 Å². The van der Waals surface area contributed by atoms with Crippen LogP contribution in [0.5, 0.6) is 11.6 Å². The standard InChI is InChI=1S/C23H28N4O4/c1-16-25-22(26-31-16)15-30-21-9-8-17(20-7-4-10-24-23(20)28-3)12-18(21)13-27(2)14-19-6-5-11-29-19/h4,7-10,12,19H,5-6,11,13-15H2,1-3H3. The fourth-order valence-corrected chi connectivity index (χ4v) is 3.82. The lowest BCUT2D eigenvalue weighted by Gasteiger charge is -2.22. The average molecular weight is 425 g/mol. The quantitative estimate of drug-likeness (QED) is 0.515. The molecule has 0 aliphatic carbocycles. The molecule has 3 heterocycles. The van der Waals surface area contributed by atoms with Gasteiger partial charge in [-0.05, 0) is 49.7 Å². The summed E-state index contributed by atoms with van der Waals surface area (Å²) in [7, 11) is 3.73. The Hall–Kier alpha value is -2.97. The molecule has 1 aliphatic heterocycles. The highest BCUT2D eigenvalue weighted by molar-refractivity contribution is 5.70. The van der Waals surface area contributed by atoms with E-state index in [2.05, 4.69) is 33.1 Å². The molecular weight excluding hydrogens is 396 g/mol. The Balaban J connectivity index is 1.58. The Morgan fingerprint density at radius 2 is 2.16 bits per heavy atom. The molecule has 0 saturated carbocycles. The highest BCUT2D eigenvalue weighted by Gasteiger charge is 2.19. The van der Waals surface area contributed by atoms with Crippen molar-refractivity contribution in [1.29, 1.82) is 0 Å². The lowest BCUT2D eigenvalue weighted by Crippen LogP contribution is -2.28. The van der Waals surface area contributed by atoms with Crippen LogP contribution in [0.1, 0.15) is 30.1 Å². The molecule has 1 fully saturated rings. The molecule has 1 aromatic carbocycles. The summed E-state index contributed by atoms with van der Waals surface area (Å²) in [4.78, 5) is 10.8. The maximum Gasteiger partial charge on any atom is 0.223 e. The van der Waals surface area contributed by atoms with Crippen molar-refractivity contribution in [2.24, 2.45) is 0 Å². The Bertz CT molecular complexity index is 1000. The maximum absolute atomic E-state index is 6.07. The third kappa shape index (κ3) is 5.39. The minimum absolute atomic E-state index is 0.245. The fraction of sp³-hybridized carbons (Fsp3) is 0.435. The number of hydrogen-bond acceptors (Lipinski definition) is 8. The molecule has 0 N–H and O–H groups in total. The van der Waals surface area contributed by atoms with E-state index in [4.69, 9.17) is 18.7 Å². The molecule has 0 spiro atoms. The van der Waals surface area contributed by atoms with Gasteiger partial charge in [-0.3, -0.25) is 4.90 Å². The van der Waals surface area contributed by atoms with Crippen molar-refractivity contribution in [2.75, 3.05) is 27.3 Å². The molecule has 31 heavy (non-hydrogen) atoms. The molecule has 3 aromatic rings. The molecule has 1 aliphatic rings. The van der Waals surface area contributed by atoms with Crippen LogP contribution in [-0.4, -0.2) is 53.4 Å². The summed E-state index contributed by atoms with van der Waals surface area (Å²) in [5.41, 5.74) is 3.02. The van der Waals surface area contributed by atoms with E-state index < -0.39 is 0 Å². The molecule has 0 amide bonds. The number of aryl methyl sites for hydroxylation is 1.